The first kappa shape index (κ1) is 19.6. The highest BCUT2D eigenvalue weighted by atomic mass is 19.4. The van der Waals surface area contributed by atoms with Gasteiger partial charge in [-0.3, -0.25) is 4.90 Å². The Labute approximate surface area is 143 Å². The van der Waals surface area contributed by atoms with E-state index >= 15 is 0 Å². The number of nitrogens with zero attached hydrogens (tertiary/aromatic N) is 1. The minimum absolute atomic E-state index is 0.261. The van der Waals surface area contributed by atoms with Crippen molar-refractivity contribution < 1.29 is 27.1 Å². The van der Waals surface area contributed by atoms with Crippen molar-refractivity contribution in [2.24, 2.45) is 11.7 Å². The van der Waals surface area contributed by atoms with E-state index in [0.29, 0.717) is 30.8 Å². The maximum Gasteiger partial charge on any atom is 0.431 e. The fourth-order valence-corrected chi connectivity index (χ4v) is 3.07. The summed E-state index contributed by atoms with van der Waals surface area (Å²) in [5.41, 5.74) is 3.01. The SMILES string of the molecule is CC(C)(C)OC(=O)N1C(C(F)(F)F)=CC(F)=C(N)C1C1CCNCC1. The first-order chi connectivity index (χ1) is 11.4. The van der Waals surface area contributed by atoms with Gasteiger partial charge in [-0.25, -0.2) is 9.18 Å². The van der Waals surface area contributed by atoms with Crippen molar-refractivity contribution in [1.82, 2.24) is 10.2 Å². The molecular weight excluding hydrogens is 342 g/mol. The predicted octanol–water partition coefficient (Wildman–Crippen LogP) is 3.19. The third kappa shape index (κ3) is 4.45. The van der Waals surface area contributed by atoms with Crippen LogP contribution in [-0.4, -0.2) is 41.9 Å². The number of rotatable bonds is 1. The average Bonchev–Trinajstić information content (AvgIpc) is 2.47. The van der Waals surface area contributed by atoms with Gasteiger partial charge in [-0.2, -0.15) is 13.2 Å². The molecule has 9 heteroatoms. The molecule has 1 atom stereocenters. The number of allylic oxidation sites excluding steroid dienone is 3. The van der Waals surface area contributed by atoms with Crippen LogP contribution in [-0.2, 0) is 4.74 Å². The Bertz CT molecular complexity index is 587. The molecule has 1 fully saturated rings. The Hall–Kier alpha value is -1.77. The molecule has 2 rings (SSSR count). The number of amides is 1. The van der Waals surface area contributed by atoms with Crippen molar-refractivity contribution >= 4 is 6.09 Å². The maximum absolute atomic E-state index is 14.1. The van der Waals surface area contributed by atoms with Gasteiger partial charge < -0.3 is 15.8 Å². The molecule has 2 aliphatic rings. The molecule has 142 valence electrons. The van der Waals surface area contributed by atoms with Crippen LogP contribution in [0.4, 0.5) is 22.4 Å². The molecule has 2 aliphatic heterocycles. The summed E-state index contributed by atoms with van der Waals surface area (Å²) in [5, 5.41) is 3.08. The van der Waals surface area contributed by atoms with E-state index in [9.17, 15) is 22.4 Å². The van der Waals surface area contributed by atoms with Crippen LogP contribution in [0.15, 0.2) is 23.3 Å². The molecule has 1 amide bonds. The number of halogens is 4. The van der Waals surface area contributed by atoms with Crippen LogP contribution in [0.2, 0.25) is 0 Å². The molecule has 0 aromatic heterocycles. The van der Waals surface area contributed by atoms with Crippen LogP contribution in [0, 0.1) is 5.92 Å². The number of piperidine rings is 1. The maximum atomic E-state index is 14.1. The van der Waals surface area contributed by atoms with Gasteiger partial charge in [0.2, 0.25) is 0 Å². The molecule has 0 saturated carbocycles. The molecule has 0 aromatic rings. The minimum atomic E-state index is -4.92. The number of carbonyl (C=O) groups excluding carboxylic acids is 1. The molecule has 1 unspecified atom stereocenters. The summed E-state index contributed by atoms with van der Waals surface area (Å²) >= 11 is 0. The Kier molecular flexibility index (Phi) is 5.36. The van der Waals surface area contributed by atoms with E-state index in [-0.39, 0.29) is 11.8 Å². The van der Waals surface area contributed by atoms with Gasteiger partial charge >= 0.3 is 12.3 Å². The number of hydrogen-bond acceptors (Lipinski definition) is 4. The highest BCUT2D eigenvalue weighted by Gasteiger charge is 2.49. The van der Waals surface area contributed by atoms with E-state index < -0.39 is 41.4 Å². The lowest BCUT2D eigenvalue weighted by molar-refractivity contribution is -0.117. The zero-order chi connectivity index (χ0) is 19.0. The number of ether oxygens (including phenoxy) is 1. The molecular formula is C16H23F4N3O2. The molecule has 0 aromatic carbocycles. The Balaban J connectivity index is 2.48. The summed E-state index contributed by atoms with van der Waals surface area (Å²) in [5.74, 6) is -1.55. The molecule has 0 aliphatic carbocycles. The third-order valence-corrected chi connectivity index (χ3v) is 4.11. The van der Waals surface area contributed by atoms with Crippen molar-refractivity contribution in [3.05, 3.63) is 23.3 Å². The monoisotopic (exact) mass is 365 g/mol. The first-order valence-corrected chi connectivity index (χ1v) is 8.09. The van der Waals surface area contributed by atoms with Crippen LogP contribution < -0.4 is 11.1 Å². The van der Waals surface area contributed by atoms with Crippen molar-refractivity contribution in [3.63, 3.8) is 0 Å². The molecule has 0 radical (unpaired) electrons. The van der Waals surface area contributed by atoms with Gasteiger partial charge in [-0.05, 0) is 52.6 Å². The van der Waals surface area contributed by atoms with Crippen molar-refractivity contribution in [2.75, 3.05) is 13.1 Å². The summed E-state index contributed by atoms with van der Waals surface area (Å²) in [4.78, 5) is 13.0. The van der Waals surface area contributed by atoms with Crippen molar-refractivity contribution in [2.45, 2.75) is 51.4 Å². The summed E-state index contributed by atoms with van der Waals surface area (Å²) in [6.07, 6.45) is -4.89. The fourth-order valence-electron chi connectivity index (χ4n) is 3.07. The third-order valence-electron chi connectivity index (χ3n) is 4.11. The Morgan fingerprint density at radius 3 is 2.32 bits per heavy atom. The number of carbonyl (C=O) groups is 1. The van der Waals surface area contributed by atoms with Crippen LogP contribution in [0.5, 0.6) is 0 Å². The van der Waals surface area contributed by atoms with Crippen molar-refractivity contribution in [3.8, 4) is 0 Å². The molecule has 0 spiro atoms. The number of nitrogens with one attached hydrogen (secondary N) is 1. The molecule has 2 heterocycles. The normalized spacial score (nSPS) is 23.6. The smallest absolute Gasteiger partial charge is 0.431 e. The average molecular weight is 365 g/mol. The Morgan fingerprint density at radius 1 is 1.28 bits per heavy atom. The number of hydrogen-bond donors (Lipinski definition) is 2. The topological polar surface area (TPSA) is 67.6 Å². The van der Waals surface area contributed by atoms with E-state index in [2.05, 4.69) is 5.32 Å². The second-order valence-corrected chi connectivity index (χ2v) is 7.21. The van der Waals surface area contributed by atoms with Gasteiger partial charge in [0.1, 0.15) is 17.1 Å². The van der Waals surface area contributed by atoms with Crippen LogP contribution >= 0.6 is 0 Å². The van der Waals surface area contributed by atoms with E-state index in [4.69, 9.17) is 10.5 Å². The fraction of sp³-hybridized carbons (Fsp3) is 0.688. The molecule has 5 nitrogen and oxygen atoms in total. The molecule has 25 heavy (non-hydrogen) atoms. The predicted molar refractivity (Wildman–Crippen MR) is 83.9 cm³/mol. The summed E-state index contributed by atoms with van der Waals surface area (Å²) < 4.78 is 59.7. The van der Waals surface area contributed by atoms with E-state index in [0.717, 1.165) is 0 Å². The van der Waals surface area contributed by atoms with E-state index in [1.165, 1.54) is 0 Å². The van der Waals surface area contributed by atoms with Crippen LogP contribution in [0.3, 0.4) is 0 Å². The Morgan fingerprint density at radius 2 is 1.84 bits per heavy atom. The van der Waals surface area contributed by atoms with Gasteiger partial charge in [-0.15, -0.1) is 0 Å². The second-order valence-electron chi connectivity index (χ2n) is 7.21. The number of nitrogens with two attached hydrogens (primary N) is 1. The zero-order valence-corrected chi connectivity index (χ0v) is 14.4. The lowest BCUT2D eigenvalue weighted by Crippen LogP contribution is -2.54. The summed E-state index contributed by atoms with van der Waals surface area (Å²) in [6.45, 7) is 5.76. The highest BCUT2D eigenvalue weighted by molar-refractivity contribution is 5.73. The molecule has 3 N–H and O–H groups in total. The van der Waals surface area contributed by atoms with Gasteiger partial charge in [0.15, 0.2) is 0 Å². The number of alkyl halides is 3. The molecule has 0 bridgehead atoms. The van der Waals surface area contributed by atoms with Gasteiger partial charge in [0.05, 0.1) is 11.7 Å². The van der Waals surface area contributed by atoms with Crippen LogP contribution in [0.1, 0.15) is 33.6 Å². The second kappa shape index (κ2) is 6.86. The lowest BCUT2D eigenvalue weighted by atomic mass is 9.85. The quantitative estimate of drug-likeness (QED) is 0.701. The minimum Gasteiger partial charge on any atom is -0.443 e. The van der Waals surface area contributed by atoms with Gasteiger partial charge in [0, 0.05) is 6.08 Å². The standard InChI is InChI=1S/C16H23F4N3O2/c1-15(2,3)25-14(24)23-11(16(18,19)20)8-10(17)12(21)13(23)9-4-6-22-7-5-9/h8-9,13,22H,4-7,21H2,1-3H3. The zero-order valence-electron chi connectivity index (χ0n) is 14.4. The summed E-state index contributed by atoms with van der Waals surface area (Å²) in [7, 11) is 0. The first-order valence-electron chi connectivity index (χ1n) is 8.09. The summed E-state index contributed by atoms with van der Waals surface area (Å²) in [6, 6.07) is -1.22. The van der Waals surface area contributed by atoms with Gasteiger partial charge in [0.25, 0.3) is 0 Å². The van der Waals surface area contributed by atoms with Gasteiger partial charge in [-0.1, -0.05) is 0 Å². The van der Waals surface area contributed by atoms with Crippen LogP contribution in [0.25, 0.3) is 0 Å². The highest BCUT2D eigenvalue weighted by Crippen LogP contribution is 2.40. The molecule has 1 saturated heterocycles. The van der Waals surface area contributed by atoms with E-state index in [1.54, 1.807) is 20.8 Å². The largest absolute Gasteiger partial charge is 0.443 e. The van der Waals surface area contributed by atoms with Crippen molar-refractivity contribution in [1.29, 1.82) is 0 Å². The van der Waals surface area contributed by atoms with E-state index in [1.807, 2.05) is 0 Å². The lowest BCUT2D eigenvalue weighted by Gasteiger charge is -2.42.